The highest BCUT2D eigenvalue weighted by molar-refractivity contribution is 7.90. The van der Waals surface area contributed by atoms with Gasteiger partial charge in [0, 0.05) is 86.9 Å². The van der Waals surface area contributed by atoms with E-state index in [1.54, 1.807) is 24.4 Å². The largest absolute Gasteiger partial charge is 0.455 e. The number of carbonyl (C=O) groups excluding carboxylic acids is 1. The highest BCUT2D eigenvalue weighted by atomic mass is 35.5. The first-order valence-electron chi connectivity index (χ1n) is 21.4. The van der Waals surface area contributed by atoms with Gasteiger partial charge in [-0.3, -0.25) is 19.8 Å². The molecule has 4 heterocycles. The molecule has 0 bridgehead atoms. The molecule has 5 aromatic rings. The Balaban J connectivity index is 1.01. The number of aromatic amines is 1. The number of nitro benzene ring substituents is 1. The Kier molecular flexibility index (Phi) is 13.2. The van der Waals surface area contributed by atoms with Crippen LogP contribution in [0.2, 0.25) is 5.02 Å². The zero-order chi connectivity index (χ0) is 46.1. The second-order valence-corrected chi connectivity index (χ2v) is 19.6. The lowest BCUT2D eigenvalue weighted by molar-refractivity contribution is -0.384. The minimum absolute atomic E-state index is 0.0470. The molecule has 0 unspecified atom stereocenters. The number of nitro groups is 1. The van der Waals surface area contributed by atoms with Crippen LogP contribution in [0.25, 0.3) is 16.6 Å². The molecule has 3 aromatic carbocycles. The van der Waals surface area contributed by atoms with E-state index in [-0.39, 0.29) is 33.4 Å². The van der Waals surface area contributed by atoms with Gasteiger partial charge >= 0.3 is 6.18 Å². The number of rotatable bonds is 13. The van der Waals surface area contributed by atoms with Crippen LogP contribution in [0.4, 0.5) is 30.2 Å². The summed E-state index contributed by atoms with van der Waals surface area (Å²) in [6, 6.07) is 15.4. The van der Waals surface area contributed by atoms with Gasteiger partial charge in [-0.2, -0.15) is 13.2 Å². The smallest absolute Gasteiger partial charge is 0.416 e. The number of pyridine rings is 1. The number of amides is 1. The van der Waals surface area contributed by atoms with Crippen molar-refractivity contribution >= 4 is 61.2 Å². The summed E-state index contributed by atoms with van der Waals surface area (Å²) in [6.45, 7) is 9.09. The number of piperazine rings is 1. The van der Waals surface area contributed by atoms with Crippen molar-refractivity contribution in [2.45, 2.75) is 57.0 Å². The van der Waals surface area contributed by atoms with Gasteiger partial charge in [-0.1, -0.05) is 37.1 Å². The summed E-state index contributed by atoms with van der Waals surface area (Å²) < 4.78 is 81.6. The maximum absolute atomic E-state index is 13.9. The van der Waals surface area contributed by atoms with Crippen LogP contribution < -0.4 is 19.7 Å². The third-order valence-corrected chi connectivity index (χ3v) is 14.0. The Hall–Kier alpha value is -5.69. The number of ether oxygens (including phenoxy) is 2. The van der Waals surface area contributed by atoms with Crippen molar-refractivity contribution in [3.8, 4) is 11.5 Å². The van der Waals surface area contributed by atoms with Crippen molar-refractivity contribution in [2.75, 3.05) is 62.7 Å². The van der Waals surface area contributed by atoms with E-state index in [0.717, 1.165) is 60.4 Å². The normalized spacial score (nSPS) is 17.6. The van der Waals surface area contributed by atoms with Gasteiger partial charge in [-0.25, -0.2) is 18.1 Å². The van der Waals surface area contributed by atoms with Crippen molar-refractivity contribution in [3.63, 3.8) is 0 Å². The number of aromatic nitrogens is 2. The summed E-state index contributed by atoms with van der Waals surface area (Å²) in [5.74, 6) is -0.412. The van der Waals surface area contributed by atoms with Gasteiger partial charge in [0.05, 0.1) is 27.1 Å². The zero-order valence-corrected chi connectivity index (χ0v) is 37.4. The monoisotopic (exact) mass is 935 g/mol. The standard InChI is InChI=1S/C46H49ClF3N7O7S/c1-45(2)13-9-31(38(25-45)36-6-3-32(22-39(36)47)46(48,49)50)28-55-15-17-56(18-16-55)33-4-7-37(42(23-33)64-34-21-30-10-14-51-43(30)53-27-34)44(58)54-65(61,62)35-5-8-40(41(24-35)57(59)60)52-26-29-11-19-63-20-12-29/h3-8,10,14,21-24,27,29,52H,9,11-13,15-20,25-26,28H2,1-2H3,(H,51,53)(H,54,58). The molecule has 2 aliphatic heterocycles. The molecule has 65 heavy (non-hydrogen) atoms. The number of anilines is 2. The molecular weight excluding hydrogens is 887 g/mol. The van der Waals surface area contributed by atoms with E-state index in [4.69, 9.17) is 21.1 Å². The van der Waals surface area contributed by atoms with Crippen LogP contribution in [0.3, 0.4) is 0 Å². The minimum atomic E-state index is -4.61. The SMILES string of the molecule is CC1(C)CCC(CN2CCN(c3ccc(C(=O)NS(=O)(=O)c4ccc(NCC5CCOCC5)c([N+](=O)[O-])c4)c(Oc4cnc5[nH]ccc5c4)c3)CC2)=C(c2ccc(C(F)(F)F)cc2Cl)C1. The first-order chi connectivity index (χ1) is 30.9. The third-order valence-electron chi connectivity index (χ3n) is 12.4. The average Bonchev–Trinajstić information content (AvgIpc) is 3.74. The molecule has 8 rings (SSSR count). The number of carbonyl (C=O) groups is 1. The predicted molar refractivity (Wildman–Crippen MR) is 242 cm³/mol. The molecule has 19 heteroatoms. The van der Waals surface area contributed by atoms with Crippen LogP contribution in [-0.4, -0.2) is 86.6 Å². The molecule has 0 radical (unpaired) electrons. The number of H-pyrrole nitrogens is 1. The summed E-state index contributed by atoms with van der Waals surface area (Å²) in [4.78, 5) is 36.7. The highest BCUT2D eigenvalue weighted by Crippen LogP contribution is 2.46. The highest BCUT2D eigenvalue weighted by Gasteiger charge is 2.34. The van der Waals surface area contributed by atoms with E-state index in [9.17, 15) is 36.5 Å². The van der Waals surface area contributed by atoms with Crippen LogP contribution in [-0.2, 0) is 20.9 Å². The van der Waals surface area contributed by atoms with Gasteiger partial charge in [-0.05, 0) is 103 Å². The number of alkyl halides is 3. The van der Waals surface area contributed by atoms with E-state index in [1.807, 2.05) is 6.07 Å². The summed E-state index contributed by atoms with van der Waals surface area (Å²) in [5.41, 5.74) is 2.89. The number of fused-ring (bicyclic) bond motifs is 1. The van der Waals surface area contributed by atoms with Crippen LogP contribution in [0.1, 0.15) is 67.4 Å². The maximum atomic E-state index is 13.9. The van der Waals surface area contributed by atoms with Crippen molar-refractivity contribution in [3.05, 3.63) is 117 Å². The quantitative estimate of drug-likeness (QED) is 0.0758. The minimum Gasteiger partial charge on any atom is -0.455 e. The van der Waals surface area contributed by atoms with E-state index >= 15 is 0 Å². The molecule has 2 aromatic heterocycles. The molecular formula is C46H49ClF3N7O7S. The van der Waals surface area contributed by atoms with Crippen molar-refractivity contribution in [2.24, 2.45) is 11.3 Å². The summed E-state index contributed by atoms with van der Waals surface area (Å²) in [7, 11) is -4.61. The van der Waals surface area contributed by atoms with E-state index in [1.165, 1.54) is 30.5 Å². The van der Waals surface area contributed by atoms with Crippen molar-refractivity contribution in [1.82, 2.24) is 19.6 Å². The third kappa shape index (κ3) is 10.7. The number of allylic oxidation sites excluding steroid dienone is 1. The van der Waals surface area contributed by atoms with Gasteiger partial charge < -0.3 is 24.7 Å². The number of hydrogen-bond acceptors (Lipinski definition) is 11. The van der Waals surface area contributed by atoms with Crippen LogP contribution >= 0.6 is 11.6 Å². The van der Waals surface area contributed by atoms with Gasteiger partial charge in [-0.15, -0.1) is 0 Å². The molecule has 1 amide bonds. The fourth-order valence-corrected chi connectivity index (χ4v) is 9.95. The van der Waals surface area contributed by atoms with Crippen LogP contribution in [0.15, 0.2) is 89.6 Å². The number of benzene rings is 3. The molecule has 0 saturated carbocycles. The Bertz CT molecular complexity index is 2750. The van der Waals surface area contributed by atoms with Gasteiger partial charge in [0.2, 0.25) is 0 Å². The number of halogens is 4. The molecule has 1 aliphatic carbocycles. The zero-order valence-electron chi connectivity index (χ0n) is 35.8. The molecule has 344 valence electrons. The Morgan fingerprint density at radius 3 is 2.54 bits per heavy atom. The summed E-state index contributed by atoms with van der Waals surface area (Å²) in [6.07, 6.45) is 2.71. The lowest BCUT2D eigenvalue weighted by Gasteiger charge is -2.39. The van der Waals surface area contributed by atoms with Gasteiger partial charge in [0.15, 0.2) is 0 Å². The average molecular weight is 936 g/mol. The maximum Gasteiger partial charge on any atom is 0.416 e. The molecule has 3 N–H and O–H groups in total. The van der Waals surface area contributed by atoms with Crippen LogP contribution in [0.5, 0.6) is 11.5 Å². The number of sulfonamides is 1. The van der Waals surface area contributed by atoms with E-state index in [2.05, 4.69) is 43.7 Å². The Morgan fingerprint density at radius 1 is 1.05 bits per heavy atom. The second-order valence-electron chi connectivity index (χ2n) is 17.6. The molecule has 2 saturated heterocycles. The summed E-state index contributed by atoms with van der Waals surface area (Å²) in [5, 5.41) is 16.0. The molecule has 14 nitrogen and oxygen atoms in total. The molecule has 2 fully saturated rings. The Morgan fingerprint density at radius 2 is 1.82 bits per heavy atom. The molecule has 0 spiro atoms. The lowest BCUT2D eigenvalue weighted by Crippen LogP contribution is -2.47. The summed E-state index contributed by atoms with van der Waals surface area (Å²) >= 11 is 6.53. The van der Waals surface area contributed by atoms with Crippen molar-refractivity contribution in [1.29, 1.82) is 0 Å². The fourth-order valence-electron chi connectivity index (χ4n) is 8.66. The van der Waals surface area contributed by atoms with Gasteiger partial charge in [0.25, 0.3) is 21.6 Å². The first-order valence-corrected chi connectivity index (χ1v) is 23.3. The Labute approximate surface area is 379 Å². The van der Waals surface area contributed by atoms with Crippen molar-refractivity contribution < 1.29 is 40.8 Å². The van der Waals surface area contributed by atoms with Crippen LogP contribution in [0, 0.1) is 21.4 Å². The molecule has 0 atom stereocenters. The molecule has 3 aliphatic rings. The fraction of sp³-hybridized carbons (Fsp3) is 0.391. The second kappa shape index (κ2) is 18.7. The lowest BCUT2D eigenvalue weighted by atomic mass is 9.72. The van der Waals surface area contributed by atoms with Gasteiger partial charge in [0.1, 0.15) is 22.8 Å². The predicted octanol–water partition coefficient (Wildman–Crippen LogP) is 9.68. The topological polar surface area (TPSA) is 172 Å². The number of nitrogens with one attached hydrogen (secondary N) is 3. The number of hydrogen-bond donors (Lipinski definition) is 3. The first kappa shape index (κ1) is 45.9. The van der Waals surface area contributed by atoms with E-state index in [0.29, 0.717) is 81.6 Å². The van der Waals surface area contributed by atoms with E-state index < -0.39 is 43.2 Å². The number of nitrogens with zero attached hydrogens (tertiary/aromatic N) is 4.